The molecule has 0 bridgehead atoms. The summed E-state index contributed by atoms with van der Waals surface area (Å²) >= 11 is 0. The third-order valence-electron chi connectivity index (χ3n) is 4.31. The number of aryl methyl sites for hydroxylation is 1. The smallest absolute Gasteiger partial charge is 0.406 e. The first kappa shape index (κ1) is 19.2. The molecule has 0 spiro atoms. The number of hydrogen-bond acceptors (Lipinski definition) is 6. The van der Waals surface area contributed by atoms with Gasteiger partial charge in [0.15, 0.2) is 11.5 Å². The molecule has 2 aromatic carbocycles. The van der Waals surface area contributed by atoms with Crippen LogP contribution in [0.1, 0.15) is 11.1 Å². The number of rotatable bonds is 8. The molecule has 146 valence electrons. The van der Waals surface area contributed by atoms with Crippen LogP contribution in [0.25, 0.3) is 0 Å². The van der Waals surface area contributed by atoms with E-state index in [2.05, 4.69) is 4.98 Å². The predicted octanol–water partition coefficient (Wildman–Crippen LogP) is 3.55. The maximum Gasteiger partial charge on any atom is 0.406 e. The fraction of sp³-hybridized carbons (Fsp3) is 0.250. The first-order chi connectivity index (χ1) is 13.5. The standard InChI is InChI=1S/C20H22N4O4/c1-22(20-19(24(25)26)21-14-23(20)2)12-16-9-10-17(18(11-16)27-3)28-13-15-7-5-4-6-8-15/h4-11,14H,12-13H2,1-3H3. The molecule has 0 N–H and O–H groups in total. The highest BCUT2D eigenvalue weighted by molar-refractivity contribution is 5.55. The topological polar surface area (TPSA) is 82.7 Å². The Bertz CT molecular complexity index is 956. The molecule has 0 amide bonds. The number of aromatic nitrogens is 2. The molecule has 3 aromatic rings. The molecule has 0 saturated heterocycles. The van der Waals surface area contributed by atoms with Crippen LogP contribution in [0.5, 0.6) is 11.5 Å². The maximum atomic E-state index is 11.2. The van der Waals surface area contributed by atoms with Crippen LogP contribution in [0.2, 0.25) is 0 Å². The fourth-order valence-corrected chi connectivity index (χ4v) is 2.99. The monoisotopic (exact) mass is 382 g/mol. The van der Waals surface area contributed by atoms with Crippen LogP contribution in [0.15, 0.2) is 54.9 Å². The number of methoxy groups -OCH3 is 1. The molecule has 0 aliphatic rings. The van der Waals surface area contributed by atoms with Crippen molar-refractivity contribution in [3.8, 4) is 11.5 Å². The lowest BCUT2D eigenvalue weighted by Gasteiger charge is -2.19. The summed E-state index contributed by atoms with van der Waals surface area (Å²) in [5, 5.41) is 11.2. The van der Waals surface area contributed by atoms with E-state index in [1.807, 2.05) is 48.5 Å². The van der Waals surface area contributed by atoms with Crippen molar-refractivity contribution < 1.29 is 14.4 Å². The van der Waals surface area contributed by atoms with Crippen molar-refractivity contribution in [3.63, 3.8) is 0 Å². The predicted molar refractivity (Wildman–Crippen MR) is 106 cm³/mol. The zero-order valence-electron chi connectivity index (χ0n) is 16.0. The quantitative estimate of drug-likeness (QED) is 0.438. The summed E-state index contributed by atoms with van der Waals surface area (Å²) in [6.07, 6.45) is 1.44. The molecule has 0 atom stereocenters. The Hall–Kier alpha value is -3.55. The maximum absolute atomic E-state index is 11.2. The summed E-state index contributed by atoms with van der Waals surface area (Å²) in [6.45, 7) is 0.896. The summed E-state index contributed by atoms with van der Waals surface area (Å²) in [5.41, 5.74) is 2.00. The highest BCUT2D eigenvalue weighted by Gasteiger charge is 2.23. The Morgan fingerprint density at radius 3 is 2.57 bits per heavy atom. The number of imidazole rings is 1. The second-order valence-corrected chi connectivity index (χ2v) is 6.38. The molecular weight excluding hydrogens is 360 g/mol. The number of hydrogen-bond donors (Lipinski definition) is 0. The molecule has 8 nitrogen and oxygen atoms in total. The summed E-state index contributed by atoms with van der Waals surface area (Å²) in [4.78, 5) is 16.4. The minimum absolute atomic E-state index is 0.167. The van der Waals surface area contributed by atoms with Crippen molar-refractivity contribution in [1.29, 1.82) is 0 Å². The van der Waals surface area contributed by atoms with E-state index in [0.29, 0.717) is 30.5 Å². The lowest BCUT2D eigenvalue weighted by atomic mass is 10.2. The Kier molecular flexibility index (Phi) is 5.78. The van der Waals surface area contributed by atoms with Crippen molar-refractivity contribution in [1.82, 2.24) is 9.55 Å². The van der Waals surface area contributed by atoms with Gasteiger partial charge in [0, 0.05) is 20.6 Å². The Balaban J connectivity index is 1.75. The van der Waals surface area contributed by atoms with E-state index in [0.717, 1.165) is 11.1 Å². The van der Waals surface area contributed by atoms with Crippen LogP contribution in [-0.4, -0.2) is 28.6 Å². The number of nitrogens with zero attached hydrogens (tertiary/aromatic N) is 4. The van der Waals surface area contributed by atoms with Gasteiger partial charge in [-0.2, -0.15) is 0 Å². The largest absolute Gasteiger partial charge is 0.493 e. The third-order valence-corrected chi connectivity index (χ3v) is 4.31. The van der Waals surface area contributed by atoms with Crippen LogP contribution in [-0.2, 0) is 20.2 Å². The van der Waals surface area contributed by atoms with Crippen LogP contribution >= 0.6 is 0 Å². The molecule has 0 aliphatic heterocycles. The van der Waals surface area contributed by atoms with E-state index < -0.39 is 4.92 Å². The van der Waals surface area contributed by atoms with Crippen LogP contribution < -0.4 is 14.4 Å². The van der Waals surface area contributed by atoms with Gasteiger partial charge in [-0.05, 0) is 33.2 Å². The first-order valence-corrected chi connectivity index (χ1v) is 8.70. The van der Waals surface area contributed by atoms with Crippen molar-refractivity contribution >= 4 is 11.6 Å². The molecule has 0 unspecified atom stereocenters. The van der Waals surface area contributed by atoms with Gasteiger partial charge in [0.25, 0.3) is 0 Å². The number of benzene rings is 2. The van der Waals surface area contributed by atoms with Gasteiger partial charge in [-0.1, -0.05) is 36.4 Å². The highest BCUT2D eigenvalue weighted by Crippen LogP contribution is 2.31. The van der Waals surface area contributed by atoms with Gasteiger partial charge in [0.05, 0.1) is 7.11 Å². The van der Waals surface area contributed by atoms with Gasteiger partial charge < -0.3 is 24.5 Å². The van der Waals surface area contributed by atoms with E-state index in [9.17, 15) is 10.1 Å². The molecule has 1 aromatic heterocycles. The van der Waals surface area contributed by atoms with Gasteiger partial charge >= 0.3 is 5.82 Å². The van der Waals surface area contributed by atoms with Crippen LogP contribution in [0.3, 0.4) is 0 Å². The minimum Gasteiger partial charge on any atom is -0.493 e. The van der Waals surface area contributed by atoms with Crippen LogP contribution in [0, 0.1) is 10.1 Å². The van der Waals surface area contributed by atoms with E-state index in [-0.39, 0.29) is 5.82 Å². The summed E-state index contributed by atoms with van der Waals surface area (Å²) in [6, 6.07) is 15.5. The van der Waals surface area contributed by atoms with Gasteiger partial charge in [-0.15, -0.1) is 0 Å². The van der Waals surface area contributed by atoms with Crippen molar-refractivity contribution in [2.45, 2.75) is 13.2 Å². The van der Waals surface area contributed by atoms with E-state index in [1.54, 1.807) is 30.7 Å². The summed E-state index contributed by atoms with van der Waals surface area (Å²) in [7, 11) is 5.10. The molecule has 3 rings (SSSR count). The summed E-state index contributed by atoms with van der Waals surface area (Å²) in [5.74, 6) is 1.53. The van der Waals surface area contributed by atoms with E-state index >= 15 is 0 Å². The average molecular weight is 382 g/mol. The Labute approximate surface area is 163 Å². The van der Waals surface area contributed by atoms with Gasteiger partial charge in [-0.3, -0.25) is 4.57 Å². The van der Waals surface area contributed by atoms with Gasteiger partial charge in [0.2, 0.25) is 12.1 Å². The van der Waals surface area contributed by atoms with Crippen molar-refractivity contribution in [2.75, 3.05) is 19.1 Å². The zero-order valence-corrected chi connectivity index (χ0v) is 16.0. The Morgan fingerprint density at radius 1 is 1.14 bits per heavy atom. The molecule has 0 aliphatic carbocycles. The molecule has 0 saturated carbocycles. The van der Waals surface area contributed by atoms with Crippen molar-refractivity contribution in [2.24, 2.45) is 7.05 Å². The second kappa shape index (κ2) is 8.43. The Morgan fingerprint density at radius 2 is 1.89 bits per heavy atom. The van der Waals surface area contributed by atoms with E-state index in [1.165, 1.54) is 6.33 Å². The summed E-state index contributed by atoms with van der Waals surface area (Å²) < 4.78 is 13.0. The van der Waals surface area contributed by atoms with E-state index in [4.69, 9.17) is 9.47 Å². The zero-order chi connectivity index (χ0) is 20.1. The lowest BCUT2D eigenvalue weighted by Crippen LogP contribution is -2.20. The SMILES string of the molecule is COc1cc(CN(C)c2c([N+](=O)[O-])ncn2C)ccc1OCc1ccccc1. The number of anilines is 1. The highest BCUT2D eigenvalue weighted by atomic mass is 16.6. The number of ether oxygens (including phenoxy) is 2. The molecule has 0 fully saturated rings. The fourth-order valence-electron chi connectivity index (χ4n) is 2.99. The van der Waals surface area contributed by atoms with Gasteiger partial charge in [0.1, 0.15) is 6.61 Å². The molecule has 28 heavy (non-hydrogen) atoms. The van der Waals surface area contributed by atoms with Gasteiger partial charge in [-0.25, -0.2) is 0 Å². The normalized spacial score (nSPS) is 10.5. The third kappa shape index (κ3) is 4.22. The second-order valence-electron chi connectivity index (χ2n) is 6.38. The molecule has 8 heteroatoms. The molecule has 1 heterocycles. The van der Waals surface area contributed by atoms with Crippen molar-refractivity contribution in [3.05, 3.63) is 76.1 Å². The molecular formula is C20H22N4O4. The minimum atomic E-state index is -0.479. The lowest BCUT2D eigenvalue weighted by molar-refractivity contribution is -0.388. The molecule has 0 radical (unpaired) electrons. The van der Waals surface area contributed by atoms with Crippen LogP contribution in [0.4, 0.5) is 11.6 Å². The number of nitro groups is 1. The first-order valence-electron chi connectivity index (χ1n) is 8.70. The average Bonchev–Trinajstić information content (AvgIpc) is 3.09.